The van der Waals surface area contributed by atoms with Crippen LogP contribution < -0.4 is 9.47 Å². The second-order valence-electron chi connectivity index (χ2n) is 7.80. The van der Waals surface area contributed by atoms with E-state index in [0.29, 0.717) is 25.4 Å². The van der Waals surface area contributed by atoms with Crippen LogP contribution in [0.3, 0.4) is 0 Å². The average Bonchev–Trinajstić information content (AvgIpc) is 2.76. The minimum absolute atomic E-state index is 0.0118. The molecule has 0 bridgehead atoms. The Morgan fingerprint density at radius 1 is 1.17 bits per heavy atom. The van der Waals surface area contributed by atoms with Crippen LogP contribution in [0.2, 0.25) is 0 Å². The van der Waals surface area contributed by atoms with Crippen molar-refractivity contribution in [2.24, 2.45) is 0 Å². The van der Waals surface area contributed by atoms with Gasteiger partial charge in [-0.15, -0.1) is 0 Å². The van der Waals surface area contributed by atoms with Crippen LogP contribution in [0.5, 0.6) is 11.5 Å². The summed E-state index contributed by atoms with van der Waals surface area (Å²) in [4.78, 5) is 17.2. The zero-order valence-corrected chi connectivity index (χ0v) is 18.5. The Hall–Kier alpha value is -2.79. The van der Waals surface area contributed by atoms with Crippen LogP contribution in [-0.4, -0.2) is 56.1 Å². The summed E-state index contributed by atoms with van der Waals surface area (Å²) in [5, 5.41) is 0. The number of benzene rings is 2. The van der Waals surface area contributed by atoms with Crippen molar-refractivity contribution in [1.82, 2.24) is 9.80 Å². The molecule has 2 aromatic carbocycles. The summed E-state index contributed by atoms with van der Waals surface area (Å²) in [7, 11) is 3.32. The van der Waals surface area contributed by atoms with E-state index in [2.05, 4.69) is 35.7 Å². The molecule has 0 aromatic heterocycles. The van der Waals surface area contributed by atoms with Crippen LogP contribution in [0.25, 0.3) is 0 Å². The number of carbonyl (C=O) groups is 1. The van der Waals surface area contributed by atoms with Crippen LogP contribution in [0.4, 0.5) is 0 Å². The summed E-state index contributed by atoms with van der Waals surface area (Å²) < 4.78 is 11.1. The highest BCUT2D eigenvalue weighted by Gasteiger charge is 2.32. The van der Waals surface area contributed by atoms with Crippen LogP contribution in [0.1, 0.15) is 36.6 Å². The van der Waals surface area contributed by atoms with Crippen molar-refractivity contribution in [2.45, 2.75) is 26.3 Å². The fraction of sp³-hybridized carbons (Fsp3) is 0.400. The predicted octanol–water partition coefficient (Wildman–Crippen LogP) is 4.08. The van der Waals surface area contributed by atoms with Gasteiger partial charge in [-0.2, -0.15) is 0 Å². The maximum atomic E-state index is 13.1. The molecular formula is C25H32N2O3. The molecule has 0 N–H and O–H groups in total. The van der Waals surface area contributed by atoms with Gasteiger partial charge in [0.25, 0.3) is 0 Å². The first-order chi connectivity index (χ1) is 14.5. The zero-order chi connectivity index (χ0) is 21.7. The minimum Gasteiger partial charge on any atom is -0.493 e. The maximum Gasteiger partial charge on any atom is 0.237 e. The van der Waals surface area contributed by atoms with E-state index >= 15 is 0 Å². The Morgan fingerprint density at radius 2 is 1.83 bits per heavy atom. The predicted molar refractivity (Wildman–Crippen MR) is 120 cm³/mol. The lowest BCUT2D eigenvalue weighted by Gasteiger charge is -2.38. The first-order valence-corrected chi connectivity index (χ1v) is 10.4. The number of carbonyl (C=O) groups excluding carboxylic acids is 1. The number of nitrogens with zero attached hydrogens (tertiary/aromatic N) is 2. The van der Waals surface area contributed by atoms with Gasteiger partial charge < -0.3 is 14.4 Å². The number of amides is 1. The first-order valence-electron chi connectivity index (χ1n) is 10.4. The fourth-order valence-corrected chi connectivity index (χ4v) is 4.17. The van der Waals surface area contributed by atoms with E-state index in [0.717, 1.165) is 24.3 Å². The van der Waals surface area contributed by atoms with E-state index in [9.17, 15) is 4.79 Å². The van der Waals surface area contributed by atoms with Gasteiger partial charge in [-0.25, -0.2) is 0 Å². The lowest BCUT2D eigenvalue weighted by atomic mass is 9.87. The number of rotatable bonds is 8. The average molecular weight is 409 g/mol. The van der Waals surface area contributed by atoms with E-state index in [1.54, 1.807) is 14.2 Å². The van der Waals surface area contributed by atoms with E-state index in [-0.39, 0.29) is 11.9 Å². The third kappa shape index (κ3) is 4.68. The Balaban J connectivity index is 1.98. The van der Waals surface area contributed by atoms with Crippen molar-refractivity contribution in [2.75, 3.05) is 40.4 Å². The molecule has 0 radical (unpaired) electrons. The molecule has 0 fully saturated rings. The Kier molecular flexibility index (Phi) is 7.16. The number of methoxy groups -OCH3 is 2. The van der Waals surface area contributed by atoms with Gasteiger partial charge in [-0.3, -0.25) is 9.69 Å². The van der Waals surface area contributed by atoms with Gasteiger partial charge in [0.05, 0.1) is 26.8 Å². The van der Waals surface area contributed by atoms with E-state index < -0.39 is 0 Å². The molecule has 5 nitrogen and oxygen atoms in total. The van der Waals surface area contributed by atoms with Gasteiger partial charge in [0.2, 0.25) is 5.91 Å². The highest BCUT2D eigenvalue weighted by atomic mass is 16.5. The first kappa shape index (κ1) is 21.9. The molecule has 0 aliphatic carbocycles. The van der Waals surface area contributed by atoms with Crippen LogP contribution in [0.15, 0.2) is 54.6 Å². The lowest BCUT2D eigenvalue weighted by Crippen LogP contribution is -2.45. The summed E-state index contributed by atoms with van der Waals surface area (Å²) >= 11 is 0. The quantitative estimate of drug-likeness (QED) is 0.618. The molecule has 1 heterocycles. The maximum absolute atomic E-state index is 13.1. The molecule has 30 heavy (non-hydrogen) atoms. The van der Waals surface area contributed by atoms with Gasteiger partial charge in [-0.1, -0.05) is 42.5 Å². The molecule has 160 valence electrons. The van der Waals surface area contributed by atoms with Gasteiger partial charge in [0.15, 0.2) is 11.5 Å². The van der Waals surface area contributed by atoms with Crippen molar-refractivity contribution in [3.05, 3.63) is 71.3 Å². The highest BCUT2D eigenvalue weighted by Crippen LogP contribution is 2.40. The lowest BCUT2D eigenvalue weighted by molar-refractivity contribution is -0.132. The van der Waals surface area contributed by atoms with Crippen LogP contribution in [-0.2, 0) is 11.2 Å². The highest BCUT2D eigenvalue weighted by molar-refractivity contribution is 5.78. The standard InChI is InChI=1S/C25H32N2O3/c1-6-26(16-18(2)3)24(28)17-27-13-12-20-14-22(29-4)23(30-5)15-21(20)25(27)19-10-8-7-9-11-19/h7-11,14-15,25H,2,6,12-13,16-17H2,1,3-5H3. The van der Waals surface area contributed by atoms with Crippen LogP contribution in [0, 0.1) is 0 Å². The molecule has 0 spiro atoms. The summed E-state index contributed by atoms with van der Waals surface area (Å²) in [5.41, 5.74) is 4.56. The summed E-state index contributed by atoms with van der Waals surface area (Å²) in [6.45, 7) is 10.4. The van der Waals surface area contributed by atoms with E-state index in [4.69, 9.17) is 9.47 Å². The number of likely N-dealkylation sites (N-methyl/N-ethyl adjacent to an activating group) is 1. The van der Waals surface area contributed by atoms with E-state index in [1.807, 2.05) is 36.9 Å². The fourth-order valence-electron chi connectivity index (χ4n) is 4.17. The topological polar surface area (TPSA) is 42.0 Å². The SMILES string of the molecule is C=C(C)CN(CC)C(=O)CN1CCc2cc(OC)c(OC)cc2C1c1ccccc1. The Labute approximate surface area is 179 Å². The normalized spacial score (nSPS) is 15.9. The number of fused-ring (bicyclic) bond motifs is 1. The zero-order valence-electron chi connectivity index (χ0n) is 18.5. The largest absolute Gasteiger partial charge is 0.493 e. The van der Waals surface area contributed by atoms with Gasteiger partial charge in [0, 0.05) is 19.6 Å². The third-order valence-electron chi connectivity index (χ3n) is 5.62. The molecule has 1 amide bonds. The molecule has 1 unspecified atom stereocenters. The molecular weight excluding hydrogens is 376 g/mol. The molecule has 3 rings (SSSR count). The van der Waals surface area contributed by atoms with Gasteiger partial charge in [0.1, 0.15) is 0 Å². The summed E-state index contributed by atoms with van der Waals surface area (Å²) in [5.74, 6) is 1.58. The molecule has 1 aliphatic rings. The number of hydrogen-bond acceptors (Lipinski definition) is 4. The van der Waals surface area contributed by atoms with Crippen molar-refractivity contribution < 1.29 is 14.3 Å². The van der Waals surface area contributed by atoms with E-state index in [1.165, 1.54) is 16.7 Å². The van der Waals surface area contributed by atoms with Gasteiger partial charge in [-0.05, 0) is 49.1 Å². The second kappa shape index (κ2) is 9.81. The summed E-state index contributed by atoms with van der Waals surface area (Å²) in [6, 6.07) is 14.5. The number of ether oxygens (including phenoxy) is 2. The van der Waals surface area contributed by atoms with Crippen molar-refractivity contribution in [3.8, 4) is 11.5 Å². The molecule has 1 atom stereocenters. The minimum atomic E-state index is -0.0118. The number of hydrogen-bond donors (Lipinski definition) is 0. The van der Waals surface area contributed by atoms with Crippen molar-refractivity contribution in [3.63, 3.8) is 0 Å². The Morgan fingerprint density at radius 3 is 2.43 bits per heavy atom. The Bertz CT molecular complexity index is 895. The smallest absolute Gasteiger partial charge is 0.237 e. The molecule has 5 heteroatoms. The third-order valence-corrected chi connectivity index (χ3v) is 5.62. The van der Waals surface area contributed by atoms with Gasteiger partial charge >= 0.3 is 0 Å². The second-order valence-corrected chi connectivity index (χ2v) is 7.80. The molecule has 1 aliphatic heterocycles. The van der Waals surface area contributed by atoms with Crippen LogP contribution >= 0.6 is 0 Å². The molecule has 2 aromatic rings. The molecule has 0 saturated carbocycles. The molecule has 0 saturated heterocycles. The van der Waals surface area contributed by atoms with Crippen molar-refractivity contribution >= 4 is 5.91 Å². The monoisotopic (exact) mass is 408 g/mol. The van der Waals surface area contributed by atoms with Crippen molar-refractivity contribution in [1.29, 1.82) is 0 Å². The summed E-state index contributed by atoms with van der Waals surface area (Å²) in [6.07, 6.45) is 0.860.